The second-order valence-corrected chi connectivity index (χ2v) is 3.41. The molecule has 1 atom stereocenters. The zero-order valence-electron chi connectivity index (χ0n) is 6.57. The van der Waals surface area contributed by atoms with Crippen molar-refractivity contribution in [2.75, 3.05) is 7.11 Å². The highest BCUT2D eigenvalue weighted by molar-refractivity contribution is 4.62. The average Bonchev–Trinajstić information content (AvgIpc) is 1.62. The highest BCUT2D eigenvalue weighted by atomic mass is 19.1. The lowest BCUT2D eigenvalue weighted by Gasteiger charge is -2.19. The number of methoxy groups -OCH3 is 1. The first-order valence-corrected chi connectivity index (χ1v) is 3.12. The van der Waals surface area contributed by atoms with E-state index in [-0.39, 0.29) is 5.41 Å². The molecule has 0 aromatic carbocycles. The summed E-state index contributed by atoms with van der Waals surface area (Å²) in [4.78, 5) is 0. The van der Waals surface area contributed by atoms with E-state index >= 15 is 0 Å². The molecule has 2 heteroatoms. The third-order valence-corrected chi connectivity index (χ3v) is 1.03. The van der Waals surface area contributed by atoms with Crippen LogP contribution in [0, 0.1) is 5.41 Å². The molecule has 0 amide bonds. The van der Waals surface area contributed by atoms with Crippen molar-refractivity contribution in [2.24, 2.45) is 5.41 Å². The lowest BCUT2D eigenvalue weighted by Crippen LogP contribution is -2.15. The van der Waals surface area contributed by atoms with Gasteiger partial charge in [0.25, 0.3) is 0 Å². The minimum Gasteiger partial charge on any atom is -0.351 e. The Hall–Kier alpha value is -0.110. The van der Waals surface area contributed by atoms with Crippen LogP contribution < -0.4 is 0 Å². The fraction of sp³-hybridized carbons (Fsp3) is 1.00. The molecule has 0 rings (SSSR count). The first-order chi connectivity index (χ1) is 3.95. The van der Waals surface area contributed by atoms with Gasteiger partial charge in [-0.3, -0.25) is 0 Å². The van der Waals surface area contributed by atoms with Crippen LogP contribution in [0.1, 0.15) is 27.2 Å². The highest BCUT2D eigenvalue weighted by Crippen LogP contribution is 2.22. The number of alkyl halides is 1. The van der Waals surface area contributed by atoms with Crippen molar-refractivity contribution >= 4 is 0 Å². The van der Waals surface area contributed by atoms with E-state index in [1.54, 1.807) is 0 Å². The molecule has 0 bridgehead atoms. The lowest BCUT2D eigenvalue weighted by atomic mass is 9.92. The number of hydrogen-bond acceptors (Lipinski definition) is 1. The third kappa shape index (κ3) is 5.77. The van der Waals surface area contributed by atoms with Gasteiger partial charge in [-0.15, -0.1) is 0 Å². The predicted octanol–water partition coefficient (Wildman–Crippen LogP) is 2.36. The summed E-state index contributed by atoms with van der Waals surface area (Å²) in [5.41, 5.74) is 0.0232. The Morgan fingerprint density at radius 2 is 1.89 bits per heavy atom. The molecule has 0 aromatic heterocycles. The molecule has 0 radical (unpaired) electrons. The molecule has 0 aliphatic heterocycles. The van der Waals surface area contributed by atoms with E-state index in [0.717, 1.165) is 0 Å². The Morgan fingerprint density at radius 3 is 2.00 bits per heavy atom. The van der Waals surface area contributed by atoms with Crippen LogP contribution in [-0.4, -0.2) is 13.5 Å². The van der Waals surface area contributed by atoms with Crippen LogP contribution in [0.2, 0.25) is 0 Å². The van der Waals surface area contributed by atoms with Crippen LogP contribution in [-0.2, 0) is 4.74 Å². The second kappa shape index (κ2) is 3.16. The SMILES string of the molecule is COC(F)CC(C)(C)C. The van der Waals surface area contributed by atoms with Crippen molar-refractivity contribution in [3.05, 3.63) is 0 Å². The van der Waals surface area contributed by atoms with Gasteiger partial charge in [-0.05, 0) is 5.41 Å². The van der Waals surface area contributed by atoms with Crippen molar-refractivity contribution < 1.29 is 9.13 Å². The summed E-state index contributed by atoms with van der Waals surface area (Å²) in [6.07, 6.45) is -0.645. The maximum absolute atomic E-state index is 12.4. The molecule has 0 saturated heterocycles. The van der Waals surface area contributed by atoms with Crippen molar-refractivity contribution in [3.8, 4) is 0 Å². The zero-order valence-corrected chi connectivity index (χ0v) is 6.57. The largest absolute Gasteiger partial charge is 0.351 e. The number of ether oxygens (including phenoxy) is 1. The van der Waals surface area contributed by atoms with Gasteiger partial charge in [0.2, 0.25) is 0 Å². The molecule has 0 aromatic rings. The van der Waals surface area contributed by atoms with E-state index < -0.39 is 6.36 Å². The summed E-state index contributed by atoms with van der Waals surface area (Å²) in [5.74, 6) is 0. The van der Waals surface area contributed by atoms with Gasteiger partial charge in [0.1, 0.15) is 0 Å². The predicted molar refractivity (Wildman–Crippen MR) is 36.0 cm³/mol. The van der Waals surface area contributed by atoms with Crippen molar-refractivity contribution in [1.29, 1.82) is 0 Å². The smallest absolute Gasteiger partial charge is 0.199 e. The zero-order chi connectivity index (χ0) is 7.49. The van der Waals surface area contributed by atoms with Gasteiger partial charge in [-0.25, -0.2) is 4.39 Å². The molecule has 0 N–H and O–H groups in total. The topological polar surface area (TPSA) is 9.23 Å². The molecular formula is C7H15FO. The maximum atomic E-state index is 12.4. The van der Waals surface area contributed by atoms with Crippen LogP contribution in [0.25, 0.3) is 0 Å². The van der Waals surface area contributed by atoms with Gasteiger partial charge in [-0.2, -0.15) is 0 Å². The molecule has 0 aliphatic carbocycles. The molecule has 1 unspecified atom stereocenters. The summed E-state index contributed by atoms with van der Waals surface area (Å²) in [6.45, 7) is 5.95. The minimum atomic E-state index is -1.11. The normalized spacial score (nSPS) is 15.7. The van der Waals surface area contributed by atoms with Crippen LogP contribution >= 0.6 is 0 Å². The molecule has 9 heavy (non-hydrogen) atoms. The van der Waals surface area contributed by atoms with Crippen molar-refractivity contribution in [1.82, 2.24) is 0 Å². The minimum absolute atomic E-state index is 0.0232. The molecular weight excluding hydrogens is 119 g/mol. The monoisotopic (exact) mass is 134 g/mol. The summed E-state index contributed by atoms with van der Waals surface area (Å²) in [5, 5.41) is 0. The van der Waals surface area contributed by atoms with Crippen LogP contribution in [0.15, 0.2) is 0 Å². The van der Waals surface area contributed by atoms with Gasteiger partial charge in [0.15, 0.2) is 6.36 Å². The number of hydrogen-bond donors (Lipinski definition) is 0. The van der Waals surface area contributed by atoms with Gasteiger partial charge in [-0.1, -0.05) is 20.8 Å². The van der Waals surface area contributed by atoms with Crippen LogP contribution in [0.3, 0.4) is 0 Å². The van der Waals surface area contributed by atoms with Gasteiger partial charge in [0, 0.05) is 13.5 Å². The summed E-state index contributed by atoms with van der Waals surface area (Å²) < 4.78 is 16.9. The Kier molecular flexibility index (Phi) is 3.12. The van der Waals surface area contributed by atoms with Crippen LogP contribution in [0.5, 0.6) is 0 Å². The molecule has 0 saturated carbocycles. The molecule has 0 fully saturated rings. The van der Waals surface area contributed by atoms with Crippen molar-refractivity contribution in [2.45, 2.75) is 33.5 Å². The summed E-state index contributed by atoms with van der Waals surface area (Å²) in [6, 6.07) is 0. The van der Waals surface area contributed by atoms with E-state index in [9.17, 15) is 4.39 Å². The Bertz CT molecular complexity index is 75.5. The fourth-order valence-electron chi connectivity index (χ4n) is 0.565. The third-order valence-electron chi connectivity index (χ3n) is 1.03. The maximum Gasteiger partial charge on any atom is 0.199 e. The molecule has 1 nitrogen and oxygen atoms in total. The number of halogens is 1. The molecule has 56 valence electrons. The molecule has 0 heterocycles. The quantitative estimate of drug-likeness (QED) is 0.563. The van der Waals surface area contributed by atoms with E-state index in [0.29, 0.717) is 6.42 Å². The molecule has 0 spiro atoms. The Morgan fingerprint density at radius 1 is 1.44 bits per heavy atom. The second-order valence-electron chi connectivity index (χ2n) is 3.41. The van der Waals surface area contributed by atoms with Crippen molar-refractivity contribution in [3.63, 3.8) is 0 Å². The number of rotatable bonds is 2. The lowest BCUT2D eigenvalue weighted by molar-refractivity contribution is -0.0316. The van der Waals surface area contributed by atoms with Gasteiger partial charge >= 0.3 is 0 Å². The standard InChI is InChI=1S/C7H15FO/c1-7(2,3)5-6(8)9-4/h6H,5H2,1-4H3. The van der Waals surface area contributed by atoms with Gasteiger partial charge in [0.05, 0.1) is 0 Å². The molecule has 0 aliphatic rings. The summed E-state index contributed by atoms with van der Waals surface area (Å²) >= 11 is 0. The van der Waals surface area contributed by atoms with Gasteiger partial charge < -0.3 is 4.74 Å². The van der Waals surface area contributed by atoms with E-state index in [2.05, 4.69) is 4.74 Å². The van der Waals surface area contributed by atoms with E-state index in [1.807, 2.05) is 20.8 Å². The first kappa shape index (κ1) is 8.89. The highest BCUT2D eigenvalue weighted by Gasteiger charge is 2.16. The fourth-order valence-corrected chi connectivity index (χ4v) is 0.565. The van der Waals surface area contributed by atoms with Crippen LogP contribution in [0.4, 0.5) is 4.39 Å². The average molecular weight is 134 g/mol. The first-order valence-electron chi connectivity index (χ1n) is 3.12. The van der Waals surface area contributed by atoms with E-state index in [4.69, 9.17) is 0 Å². The summed E-state index contributed by atoms with van der Waals surface area (Å²) in [7, 11) is 1.39. The van der Waals surface area contributed by atoms with E-state index in [1.165, 1.54) is 7.11 Å². The Labute approximate surface area is 56.2 Å². The Balaban J connectivity index is 3.47.